The molecule has 2 amide bonds. The van der Waals surface area contributed by atoms with E-state index in [2.05, 4.69) is 15.6 Å². The summed E-state index contributed by atoms with van der Waals surface area (Å²) in [5.74, 6) is -1.11. The number of nitrogens with zero attached hydrogens (tertiary/aromatic N) is 2. The highest BCUT2D eigenvalue weighted by atomic mass is 35.5. The molecule has 40 heavy (non-hydrogen) atoms. The maximum atomic E-state index is 15.4. The van der Waals surface area contributed by atoms with E-state index in [0.29, 0.717) is 60.7 Å². The molecule has 202 valence electrons. The van der Waals surface area contributed by atoms with Gasteiger partial charge < -0.3 is 15.3 Å². The van der Waals surface area contributed by atoms with Crippen molar-refractivity contribution in [3.63, 3.8) is 0 Å². The minimum Gasteiger partial charge on any atom is -0.506 e. The molecule has 0 atom stereocenters. The van der Waals surface area contributed by atoms with Crippen molar-refractivity contribution >= 4 is 61.4 Å². The van der Waals surface area contributed by atoms with Gasteiger partial charge in [0.15, 0.2) is 5.13 Å². The second kappa shape index (κ2) is 9.76. The molecule has 3 N–H and O–H groups in total. The molecule has 0 spiro atoms. The van der Waals surface area contributed by atoms with Gasteiger partial charge in [-0.3, -0.25) is 5.32 Å². The van der Waals surface area contributed by atoms with Crippen LogP contribution in [0, 0.1) is 11.6 Å². The predicted molar refractivity (Wildman–Crippen MR) is 157 cm³/mol. The van der Waals surface area contributed by atoms with Crippen LogP contribution in [0.15, 0.2) is 72.8 Å². The third kappa shape index (κ3) is 4.61. The van der Waals surface area contributed by atoms with Crippen molar-refractivity contribution in [1.29, 1.82) is 0 Å². The fourth-order valence-corrected chi connectivity index (χ4v) is 6.25. The summed E-state index contributed by atoms with van der Waals surface area (Å²) in [7, 11) is 0. The Hall–Kier alpha value is -4.21. The van der Waals surface area contributed by atoms with Gasteiger partial charge in [0, 0.05) is 28.6 Å². The zero-order valence-electron chi connectivity index (χ0n) is 21.4. The van der Waals surface area contributed by atoms with E-state index in [9.17, 15) is 14.3 Å². The van der Waals surface area contributed by atoms with Gasteiger partial charge in [0.05, 0.1) is 27.3 Å². The molecule has 4 aromatic carbocycles. The molecule has 1 aliphatic rings. The van der Waals surface area contributed by atoms with Gasteiger partial charge in [-0.15, -0.1) is 0 Å². The van der Waals surface area contributed by atoms with E-state index in [0.717, 1.165) is 17.4 Å². The number of aromatic nitrogens is 1. The highest BCUT2D eigenvalue weighted by Crippen LogP contribution is 2.54. The molecule has 2 heterocycles. The van der Waals surface area contributed by atoms with Crippen molar-refractivity contribution < 1.29 is 18.7 Å². The number of nitrogens with one attached hydrogen (secondary N) is 2. The van der Waals surface area contributed by atoms with E-state index >= 15 is 4.39 Å². The molecule has 0 radical (unpaired) electrons. The Bertz CT molecular complexity index is 1790. The van der Waals surface area contributed by atoms with Crippen molar-refractivity contribution in [1.82, 2.24) is 4.98 Å². The highest BCUT2D eigenvalue weighted by Gasteiger charge is 2.42. The van der Waals surface area contributed by atoms with Crippen molar-refractivity contribution in [3.8, 4) is 16.9 Å². The van der Waals surface area contributed by atoms with Gasteiger partial charge >= 0.3 is 6.03 Å². The lowest BCUT2D eigenvalue weighted by atomic mass is 9.81. The first-order valence-corrected chi connectivity index (χ1v) is 13.6. The number of carbonyl (C=O) groups excluding carboxylic acids is 1. The Morgan fingerprint density at radius 3 is 2.58 bits per heavy atom. The first-order chi connectivity index (χ1) is 19.1. The number of halogens is 3. The minimum atomic E-state index is -0.560. The van der Waals surface area contributed by atoms with Crippen LogP contribution < -0.4 is 15.5 Å². The van der Waals surface area contributed by atoms with Gasteiger partial charge in [0.25, 0.3) is 0 Å². The summed E-state index contributed by atoms with van der Waals surface area (Å²) in [6.07, 6.45) is 0. The number of aromatic hydroxyl groups is 1. The van der Waals surface area contributed by atoms with E-state index in [4.69, 9.17) is 11.6 Å². The maximum Gasteiger partial charge on any atom is 0.325 e. The number of para-hydroxylation sites is 2. The number of phenols is 1. The van der Waals surface area contributed by atoms with Crippen LogP contribution in [0.5, 0.6) is 5.75 Å². The summed E-state index contributed by atoms with van der Waals surface area (Å²) in [5, 5.41) is 17.5. The quantitative estimate of drug-likeness (QED) is 0.200. The number of rotatable bonds is 4. The summed E-state index contributed by atoms with van der Waals surface area (Å²) >= 11 is 7.24. The lowest BCUT2D eigenvalue weighted by Crippen LogP contribution is -2.27. The van der Waals surface area contributed by atoms with Gasteiger partial charge in [-0.1, -0.05) is 61.1 Å². The molecule has 0 saturated carbocycles. The van der Waals surface area contributed by atoms with Gasteiger partial charge in [0.1, 0.15) is 17.4 Å². The molecule has 0 saturated heterocycles. The Morgan fingerprint density at radius 1 is 1.05 bits per heavy atom. The van der Waals surface area contributed by atoms with Crippen LogP contribution in [0.4, 0.5) is 35.8 Å². The Morgan fingerprint density at radius 2 is 1.80 bits per heavy atom. The smallest absolute Gasteiger partial charge is 0.325 e. The van der Waals surface area contributed by atoms with Gasteiger partial charge in [-0.2, -0.15) is 0 Å². The summed E-state index contributed by atoms with van der Waals surface area (Å²) in [4.78, 5) is 19.2. The maximum absolute atomic E-state index is 15.4. The number of anilines is 4. The molecule has 0 bridgehead atoms. The molecule has 6 rings (SSSR count). The standard InChI is InChI=1S/C30H23ClF2N4O2S/c1-30(2)15-37(27-23(38)14-19(33)25(26(27)30)16-7-9-17(31)10-8-16)22-6-4-3-5-20(22)34-28(39)36-29-35-21-12-11-18(32)13-24(21)40-29/h3-14,38H,15H2,1-2H3,(H2,34,35,36,39). The molecule has 1 aromatic heterocycles. The van der Waals surface area contributed by atoms with Crippen LogP contribution >= 0.6 is 22.9 Å². The van der Waals surface area contributed by atoms with E-state index in [1.165, 1.54) is 12.1 Å². The number of benzene rings is 4. The number of hydrogen-bond acceptors (Lipinski definition) is 5. The molecule has 10 heteroatoms. The topological polar surface area (TPSA) is 77.5 Å². The molecule has 6 nitrogen and oxygen atoms in total. The summed E-state index contributed by atoms with van der Waals surface area (Å²) in [6, 6.07) is 18.9. The summed E-state index contributed by atoms with van der Waals surface area (Å²) < 4.78 is 29.6. The first kappa shape index (κ1) is 26.0. The van der Waals surface area contributed by atoms with Crippen molar-refractivity contribution in [2.75, 3.05) is 22.1 Å². The lowest BCUT2D eigenvalue weighted by Gasteiger charge is -2.25. The molecule has 0 fully saturated rings. The molecule has 0 unspecified atom stereocenters. The van der Waals surface area contributed by atoms with Gasteiger partial charge in [-0.25, -0.2) is 18.6 Å². The first-order valence-electron chi connectivity index (χ1n) is 12.4. The normalized spacial score (nSPS) is 13.9. The van der Waals surface area contributed by atoms with E-state index in [1.54, 1.807) is 42.5 Å². The zero-order chi connectivity index (χ0) is 28.2. The Kier molecular flexibility index (Phi) is 6.35. The number of hydrogen-bond donors (Lipinski definition) is 3. The third-order valence-corrected chi connectivity index (χ3v) is 8.06. The fourth-order valence-electron chi connectivity index (χ4n) is 5.23. The summed E-state index contributed by atoms with van der Waals surface area (Å²) in [5.41, 5.74) is 3.30. The largest absolute Gasteiger partial charge is 0.506 e. The summed E-state index contributed by atoms with van der Waals surface area (Å²) in [6.45, 7) is 4.40. The van der Waals surface area contributed by atoms with Crippen molar-refractivity contribution in [3.05, 3.63) is 95.0 Å². The van der Waals surface area contributed by atoms with E-state index in [-0.39, 0.29) is 11.6 Å². The van der Waals surface area contributed by atoms with Crippen LogP contribution in [0.25, 0.3) is 21.3 Å². The lowest BCUT2D eigenvalue weighted by molar-refractivity contribution is 0.262. The third-order valence-electron chi connectivity index (χ3n) is 6.88. The van der Waals surface area contributed by atoms with Crippen LogP contribution in [-0.4, -0.2) is 22.7 Å². The number of amides is 2. The van der Waals surface area contributed by atoms with Crippen LogP contribution in [0.3, 0.4) is 0 Å². The molecule has 0 aliphatic carbocycles. The Labute approximate surface area is 237 Å². The predicted octanol–water partition coefficient (Wildman–Crippen LogP) is 8.67. The van der Waals surface area contributed by atoms with Crippen molar-refractivity contribution in [2.24, 2.45) is 0 Å². The second-order valence-electron chi connectivity index (χ2n) is 10.2. The SMILES string of the molecule is CC1(C)CN(c2ccccc2NC(=O)Nc2nc3ccc(F)cc3s2)c2c(O)cc(F)c(-c3ccc(Cl)cc3)c21. The number of phenolic OH excluding ortho intramolecular Hbond substituents is 1. The Balaban J connectivity index is 1.36. The van der Waals surface area contributed by atoms with Crippen LogP contribution in [0.1, 0.15) is 19.4 Å². The van der Waals surface area contributed by atoms with E-state index in [1.807, 2.05) is 30.9 Å². The molecular weight excluding hydrogens is 554 g/mol. The van der Waals surface area contributed by atoms with Gasteiger partial charge in [0.2, 0.25) is 0 Å². The number of thiazole rings is 1. The highest BCUT2D eigenvalue weighted by molar-refractivity contribution is 7.22. The van der Waals surface area contributed by atoms with Crippen LogP contribution in [0.2, 0.25) is 5.02 Å². The number of carbonyl (C=O) groups is 1. The zero-order valence-corrected chi connectivity index (χ0v) is 23.0. The minimum absolute atomic E-state index is 0.197. The molecule has 1 aliphatic heterocycles. The van der Waals surface area contributed by atoms with Crippen molar-refractivity contribution in [2.45, 2.75) is 19.3 Å². The fraction of sp³-hybridized carbons (Fsp3) is 0.133. The number of fused-ring (bicyclic) bond motifs is 2. The van der Waals surface area contributed by atoms with Gasteiger partial charge in [-0.05, 0) is 53.6 Å². The average molecular weight is 577 g/mol. The number of urea groups is 1. The average Bonchev–Trinajstić information content (AvgIpc) is 3.42. The monoisotopic (exact) mass is 576 g/mol. The molecule has 5 aromatic rings. The second-order valence-corrected chi connectivity index (χ2v) is 11.6. The van der Waals surface area contributed by atoms with E-state index < -0.39 is 17.3 Å². The molecular formula is C30H23ClF2N4O2S. The van der Waals surface area contributed by atoms with Crippen LogP contribution in [-0.2, 0) is 5.41 Å².